The highest BCUT2D eigenvalue weighted by molar-refractivity contribution is 9.10. The number of hydrogen-bond donors (Lipinski definition) is 2. The van der Waals surface area contributed by atoms with Gasteiger partial charge >= 0.3 is 0 Å². The second kappa shape index (κ2) is 9.28. The van der Waals surface area contributed by atoms with Gasteiger partial charge in [0.05, 0.1) is 11.9 Å². The standard InChI is InChI=1S/C24H22BrN5O3S/c1-29-5-7-30(8-6-29)24(33)16-12-17(25)21-18(13-16)26-23(32)22(21)28-27-20(31)11-14-2-3-19-15(10-14)4-9-34-19/h2-4,9-10,12-13,26,32H,5-8,11H2,1H3. The third-order valence-electron chi connectivity index (χ3n) is 5.98. The van der Waals surface area contributed by atoms with Crippen LogP contribution in [0.5, 0.6) is 5.88 Å². The molecule has 1 aliphatic heterocycles. The van der Waals surface area contributed by atoms with E-state index < -0.39 is 5.91 Å². The van der Waals surface area contributed by atoms with Crippen LogP contribution >= 0.6 is 27.3 Å². The van der Waals surface area contributed by atoms with Gasteiger partial charge in [0.1, 0.15) is 0 Å². The summed E-state index contributed by atoms with van der Waals surface area (Å²) in [4.78, 5) is 32.3. The molecule has 5 rings (SSSR count). The maximum Gasteiger partial charge on any atom is 0.269 e. The number of fused-ring (bicyclic) bond motifs is 2. The van der Waals surface area contributed by atoms with Crippen LogP contribution in [0, 0.1) is 0 Å². The van der Waals surface area contributed by atoms with Gasteiger partial charge in [0, 0.05) is 46.3 Å². The Hall–Kier alpha value is -3.08. The Labute approximate surface area is 208 Å². The Bertz CT molecular complexity index is 1440. The Kier molecular flexibility index (Phi) is 6.20. The molecule has 2 amide bonds. The predicted octanol–water partition coefficient (Wildman–Crippen LogP) is 5.09. The van der Waals surface area contributed by atoms with Crippen LogP contribution in [0.25, 0.3) is 21.0 Å². The van der Waals surface area contributed by atoms with Crippen molar-refractivity contribution in [2.24, 2.45) is 10.2 Å². The fourth-order valence-corrected chi connectivity index (χ4v) is 5.52. The van der Waals surface area contributed by atoms with Gasteiger partial charge in [0.15, 0.2) is 5.69 Å². The number of rotatable bonds is 4. The van der Waals surface area contributed by atoms with E-state index in [1.54, 1.807) is 23.5 Å². The average Bonchev–Trinajstić information content (AvgIpc) is 3.41. The lowest BCUT2D eigenvalue weighted by Crippen LogP contribution is -2.47. The topological polar surface area (TPSA) is 101 Å². The number of aromatic nitrogens is 1. The number of amides is 2. The zero-order valence-electron chi connectivity index (χ0n) is 18.4. The van der Waals surface area contributed by atoms with Crippen LogP contribution in [0.1, 0.15) is 15.9 Å². The van der Waals surface area contributed by atoms with E-state index in [-0.39, 0.29) is 23.9 Å². The van der Waals surface area contributed by atoms with E-state index in [0.717, 1.165) is 28.7 Å². The molecule has 8 nitrogen and oxygen atoms in total. The summed E-state index contributed by atoms with van der Waals surface area (Å²) >= 11 is 5.15. The number of hydrogen-bond acceptors (Lipinski definition) is 6. The highest BCUT2D eigenvalue weighted by atomic mass is 79.9. The lowest BCUT2D eigenvalue weighted by Gasteiger charge is -2.32. The molecular weight excluding hydrogens is 518 g/mol. The quantitative estimate of drug-likeness (QED) is 0.352. The smallest absolute Gasteiger partial charge is 0.269 e. The molecule has 0 unspecified atom stereocenters. The van der Waals surface area contributed by atoms with Crippen LogP contribution in [0.4, 0.5) is 5.69 Å². The molecule has 3 heterocycles. The molecule has 4 aromatic rings. The molecule has 1 fully saturated rings. The van der Waals surface area contributed by atoms with Gasteiger partial charge in [-0.05, 0) is 69.6 Å². The summed E-state index contributed by atoms with van der Waals surface area (Å²) in [5, 5.41) is 22.0. The fourth-order valence-electron chi connectivity index (χ4n) is 4.11. The zero-order chi connectivity index (χ0) is 23.8. The Balaban J connectivity index is 1.36. The first-order valence-corrected chi connectivity index (χ1v) is 12.5. The summed E-state index contributed by atoms with van der Waals surface area (Å²) in [5.74, 6) is -0.691. The molecule has 10 heteroatoms. The van der Waals surface area contributed by atoms with Crippen LogP contribution < -0.4 is 0 Å². The number of carbonyl (C=O) groups is 2. The second-order valence-electron chi connectivity index (χ2n) is 8.36. The maximum absolute atomic E-state index is 13.0. The predicted molar refractivity (Wildman–Crippen MR) is 136 cm³/mol. The van der Waals surface area contributed by atoms with Crippen LogP contribution in [0.2, 0.25) is 0 Å². The van der Waals surface area contributed by atoms with E-state index >= 15 is 0 Å². The van der Waals surface area contributed by atoms with Crippen molar-refractivity contribution in [2.45, 2.75) is 6.42 Å². The van der Waals surface area contributed by atoms with Crippen molar-refractivity contribution in [3.63, 3.8) is 0 Å². The first-order valence-electron chi connectivity index (χ1n) is 10.8. The number of carbonyl (C=O) groups excluding carboxylic acids is 2. The molecule has 2 aromatic heterocycles. The summed E-state index contributed by atoms with van der Waals surface area (Å²) in [5.41, 5.74) is 2.05. The Morgan fingerprint density at radius 3 is 2.74 bits per heavy atom. The molecule has 34 heavy (non-hydrogen) atoms. The minimum absolute atomic E-state index is 0.0641. The van der Waals surface area contributed by atoms with Crippen molar-refractivity contribution in [3.8, 4) is 5.88 Å². The molecule has 0 bridgehead atoms. The molecule has 0 spiro atoms. The molecule has 2 N–H and O–H groups in total. The molecular formula is C24H22BrN5O3S. The number of nitrogens with one attached hydrogen (secondary N) is 1. The summed E-state index contributed by atoms with van der Waals surface area (Å²) in [6, 6.07) is 11.3. The van der Waals surface area contributed by atoms with E-state index in [1.165, 1.54) is 0 Å². The largest absolute Gasteiger partial charge is 0.493 e. The van der Waals surface area contributed by atoms with E-state index in [1.807, 2.05) is 41.6 Å². The maximum atomic E-state index is 13.0. The van der Waals surface area contributed by atoms with Gasteiger partial charge in [-0.3, -0.25) is 9.59 Å². The van der Waals surface area contributed by atoms with Crippen LogP contribution in [-0.4, -0.2) is 64.9 Å². The van der Waals surface area contributed by atoms with Crippen molar-refractivity contribution < 1.29 is 14.7 Å². The normalized spacial score (nSPS) is 15.1. The minimum Gasteiger partial charge on any atom is -0.493 e. The number of aromatic amines is 1. The number of azo groups is 1. The molecule has 1 saturated heterocycles. The van der Waals surface area contributed by atoms with Crippen molar-refractivity contribution in [2.75, 3.05) is 33.2 Å². The Morgan fingerprint density at radius 2 is 1.94 bits per heavy atom. The minimum atomic E-state index is -0.415. The third-order valence-corrected chi connectivity index (χ3v) is 7.50. The molecule has 2 aromatic carbocycles. The summed E-state index contributed by atoms with van der Waals surface area (Å²) in [6.07, 6.45) is 0.114. The molecule has 0 radical (unpaired) electrons. The number of benzene rings is 2. The summed E-state index contributed by atoms with van der Waals surface area (Å²) < 4.78 is 1.75. The lowest BCUT2D eigenvalue weighted by atomic mass is 10.1. The number of halogens is 1. The highest BCUT2D eigenvalue weighted by Crippen LogP contribution is 2.40. The van der Waals surface area contributed by atoms with E-state index in [9.17, 15) is 14.7 Å². The summed E-state index contributed by atoms with van der Waals surface area (Å²) in [6.45, 7) is 3.00. The van der Waals surface area contributed by atoms with Gasteiger partial charge < -0.3 is 19.9 Å². The van der Waals surface area contributed by atoms with Gasteiger partial charge in [-0.25, -0.2) is 0 Å². The summed E-state index contributed by atoms with van der Waals surface area (Å²) in [7, 11) is 2.04. The van der Waals surface area contributed by atoms with Crippen molar-refractivity contribution in [1.82, 2.24) is 14.8 Å². The van der Waals surface area contributed by atoms with Gasteiger partial charge in [-0.1, -0.05) is 6.07 Å². The molecule has 0 saturated carbocycles. The van der Waals surface area contributed by atoms with E-state index in [2.05, 4.69) is 36.0 Å². The van der Waals surface area contributed by atoms with Crippen LogP contribution in [0.15, 0.2) is 56.5 Å². The van der Waals surface area contributed by atoms with Gasteiger partial charge in [-0.15, -0.1) is 21.6 Å². The second-order valence-corrected chi connectivity index (χ2v) is 10.2. The first-order chi connectivity index (χ1) is 16.4. The van der Waals surface area contributed by atoms with Gasteiger partial charge in [0.2, 0.25) is 5.88 Å². The van der Waals surface area contributed by atoms with Gasteiger partial charge in [0.25, 0.3) is 11.8 Å². The van der Waals surface area contributed by atoms with E-state index in [4.69, 9.17) is 0 Å². The fraction of sp³-hybridized carbons (Fsp3) is 0.250. The first kappa shape index (κ1) is 22.7. The average molecular weight is 540 g/mol. The number of aromatic hydroxyl groups is 1. The van der Waals surface area contributed by atoms with E-state index in [0.29, 0.717) is 34.0 Å². The molecule has 1 aliphatic rings. The SMILES string of the molecule is CN1CCN(C(=O)c2cc(Br)c3c(N=NC(=O)Cc4ccc5sccc5c4)c(O)[nH]c3c2)CC1. The number of piperazine rings is 1. The molecule has 0 aliphatic carbocycles. The van der Waals surface area contributed by atoms with Crippen molar-refractivity contribution >= 4 is 65.8 Å². The van der Waals surface area contributed by atoms with Crippen LogP contribution in [0.3, 0.4) is 0 Å². The number of thiophene rings is 1. The van der Waals surface area contributed by atoms with Crippen molar-refractivity contribution in [1.29, 1.82) is 0 Å². The monoisotopic (exact) mass is 539 g/mol. The van der Waals surface area contributed by atoms with Crippen molar-refractivity contribution in [3.05, 3.63) is 57.4 Å². The zero-order valence-corrected chi connectivity index (χ0v) is 20.8. The highest BCUT2D eigenvalue weighted by Gasteiger charge is 2.23. The lowest BCUT2D eigenvalue weighted by molar-refractivity contribution is -0.117. The number of H-pyrrole nitrogens is 1. The van der Waals surface area contributed by atoms with Gasteiger partial charge in [-0.2, -0.15) is 0 Å². The van der Waals surface area contributed by atoms with Crippen LogP contribution in [-0.2, 0) is 11.2 Å². The molecule has 0 atom stereocenters. The Morgan fingerprint density at radius 1 is 1.15 bits per heavy atom. The number of nitrogens with zero attached hydrogens (tertiary/aromatic N) is 4. The third kappa shape index (κ3) is 4.48. The molecule has 174 valence electrons. The number of likely N-dealkylation sites (N-methyl/N-ethyl adjacent to an activating group) is 1.